The first-order chi connectivity index (χ1) is 12.5. The monoisotopic (exact) mass is 381 g/mol. The van der Waals surface area contributed by atoms with E-state index in [1.165, 1.54) is 11.3 Å². The van der Waals surface area contributed by atoms with Gasteiger partial charge in [0.25, 0.3) is 17.1 Å². The molecule has 1 saturated heterocycles. The minimum absolute atomic E-state index is 0.354. The molecule has 8 heteroatoms. The van der Waals surface area contributed by atoms with Crippen molar-refractivity contribution in [2.45, 2.75) is 0 Å². The van der Waals surface area contributed by atoms with Gasteiger partial charge < -0.3 is 5.73 Å². The quantitative estimate of drug-likeness (QED) is 0.677. The molecule has 0 aliphatic carbocycles. The summed E-state index contributed by atoms with van der Waals surface area (Å²) in [5, 5.41) is 2.75. The van der Waals surface area contributed by atoms with Crippen molar-refractivity contribution in [2.24, 2.45) is 5.73 Å². The topological polar surface area (TPSA) is 102 Å². The van der Waals surface area contributed by atoms with Crippen LogP contribution in [0.15, 0.2) is 47.5 Å². The summed E-state index contributed by atoms with van der Waals surface area (Å²) in [6.45, 7) is 0. The van der Waals surface area contributed by atoms with Gasteiger partial charge in [0.05, 0.1) is 15.3 Å². The Morgan fingerprint density at radius 1 is 1.15 bits per heavy atom. The molecular formula is C18H11N3O3S2. The second-order valence-corrected chi connectivity index (χ2v) is 7.61. The van der Waals surface area contributed by atoms with E-state index in [0.717, 1.165) is 38.7 Å². The summed E-state index contributed by atoms with van der Waals surface area (Å²) in [6, 6.07) is 11.0. The summed E-state index contributed by atoms with van der Waals surface area (Å²) >= 11 is 2.20. The van der Waals surface area contributed by atoms with Crippen molar-refractivity contribution in [3.8, 4) is 10.4 Å². The third-order valence-corrected chi connectivity index (χ3v) is 5.76. The number of amides is 3. The number of hydrogen-bond donors (Lipinski definition) is 2. The Labute approximate surface area is 156 Å². The number of fused-ring (bicyclic) bond motifs is 1. The van der Waals surface area contributed by atoms with Crippen LogP contribution in [-0.4, -0.2) is 22.0 Å². The number of nitrogens with two attached hydrogens (primary N) is 1. The molecule has 3 aromatic rings. The van der Waals surface area contributed by atoms with E-state index in [-0.39, 0.29) is 5.24 Å². The Hall–Kier alpha value is -2.97. The van der Waals surface area contributed by atoms with Crippen LogP contribution in [0.3, 0.4) is 0 Å². The van der Waals surface area contributed by atoms with Gasteiger partial charge in [-0.05, 0) is 53.7 Å². The highest BCUT2D eigenvalue weighted by Crippen LogP contribution is 2.34. The van der Waals surface area contributed by atoms with Crippen molar-refractivity contribution in [1.29, 1.82) is 0 Å². The van der Waals surface area contributed by atoms with E-state index in [9.17, 15) is 14.4 Å². The van der Waals surface area contributed by atoms with E-state index in [2.05, 4.69) is 10.3 Å². The van der Waals surface area contributed by atoms with E-state index < -0.39 is 11.8 Å². The fraction of sp³-hybridized carbons (Fsp3) is 0. The Morgan fingerprint density at radius 2 is 2.00 bits per heavy atom. The Kier molecular flexibility index (Phi) is 4.06. The van der Waals surface area contributed by atoms with Gasteiger partial charge in [-0.2, -0.15) is 0 Å². The lowest BCUT2D eigenvalue weighted by atomic mass is 10.0. The number of pyridine rings is 1. The first-order valence-electron chi connectivity index (χ1n) is 7.55. The van der Waals surface area contributed by atoms with Crippen molar-refractivity contribution in [1.82, 2.24) is 10.3 Å². The van der Waals surface area contributed by atoms with Crippen LogP contribution in [0.25, 0.3) is 27.4 Å². The summed E-state index contributed by atoms with van der Waals surface area (Å²) in [5.41, 5.74) is 7.84. The maximum atomic E-state index is 11.7. The van der Waals surface area contributed by atoms with Gasteiger partial charge in [-0.3, -0.25) is 24.7 Å². The van der Waals surface area contributed by atoms with Gasteiger partial charge in [-0.25, -0.2) is 0 Å². The predicted molar refractivity (Wildman–Crippen MR) is 103 cm³/mol. The van der Waals surface area contributed by atoms with Gasteiger partial charge in [-0.15, -0.1) is 11.3 Å². The molecule has 1 aliphatic rings. The number of nitrogens with zero attached hydrogens (tertiary/aromatic N) is 1. The number of thioether (sulfide) groups is 1. The molecule has 0 saturated carbocycles. The lowest BCUT2D eigenvalue weighted by molar-refractivity contribution is -0.115. The Morgan fingerprint density at radius 3 is 2.69 bits per heavy atom. The molecule has 1 aromatic carbocycles. The molecule has 2 aromatic heterocycles. The molecule has 0 spiro atoms. The Bertz CT molecular complexity index is 1120. The molecule has 0 bridgehead atoms. The summed E-state index contributed by atoms with van der Waals surface area (Å²) in [4.78, 5) is 40.5. The van der Waals surface area contributed by atoms with Crippen LogP contribution in [0.2, 0.25) is 0 Å². The normalized spacial score (nSPS) is 15.6. The Balaban J connectivity index is 1.82. The average Bonchev–Trinajstić information content (AvgIpc) is 3.21. The average molecular weight is 381 g/mol. The standard InChI is InChI=1S/C18H11N3O3S2/c19-16(22)14-4-3-13(25-14)10-5-6-20-12-2-1-9(7-11(10)12)8-15-17(23)21-18(24)26-15/h1-8H,(H2,19,22)(H,21,23,24)/b15-8-. The van der Waals surface area contributed by atoms with E-state index >= 15 is 0 Å². The van der Waals surface area contributed by atoms with E-state index in [1.807, 2.05) is 30.3 Å². The zero-order chi connectivity index (χ0) is 18.3. The summed E-state index contributed by atoms with van der Waals surface area (Å²) in [6.07, 6.45) is 3.38. The third kappa shape index (κ3) is 3.00. The van der Waals surface area contributed by atoms with E-state index in [1.54, 1.807) is 18.3 Å². The van der Waals surface area contributed by atoms with E-state index in [4.69, 9.17) is 5.73 Å². The minimum atomic E-state index is -0.459. The number of imide groups is 1. The number of aromatic nitrogens is 1. The molecule has 4 rings (SSSR count). The van der Waals surface area contributed by atoms with Crippen molar-refractivity contribution in [3.63, 3.8) is 0 Å². The van der Waals surface area contributed by atoms with Gasteiger partial charge >= 0.3 is 0 Å². The van der Waals surface area contributed by atoms with Crippen LogP contribution in [-0.2, 0) is 4.79 Å². The minimum Gasteiger partial charge on any atom is -0.365 e. The van der Waals surface area contributed by atoms with E-state index in [0.29, 0.717) is 9.78 Å². The third-order valence-electron chi connectivity index (χ3n) is 3.82. The fourth-order valence-electron chi connectivity index (χ4n) is 2.66. The zero-order valence-electron chi connectivity index (χ0n) is 13.2. The molecule has 26 heavy (non-hydrogen) atoms. The first-order valence-corrected chi connectivity index (χ1v) is 9.18. The first kappa shape index (κ1) is 16.5. The lowest BCUT2D eigenvalue weighted by Crippen LogP contribution is -2.17. The summed E-state index contributed by atoms with van der Waals surface area (Å²) < 4.78 is 0. The van der Waals surface area contributed by atoms with Crippen LogP contribution in [0.1, 0.15) is 15.2 Å². The van der Waals surface area contributed by atoms with Crippen LogP contribution >= 0.6 is 23.1 Å². The molecule has 0 atom stereocenters. The lowest BCUT2D eigenvalue weighted by Gasteiger charge is -2.05. The molecule has 128 valence electrons. The number of thiophene rings is 1. The summed E-state index contributed by atoms with van der Waals surface area (Å²) in [5.74, 6) is -0.852. The van der Waals surface area contributed by atoms with Gasteiger partial charge in [0.15, 0.2) is 0 Å². The molecule has 3 heterocycles. The van der Waals surface area contributed by atoms with Crippen LogP contribution in [0.4, 0.5) is 4.79 Å². The molecule has 6 nitrogen and oxygen atoms in total. The van der Waals surface area contributed by atoms with Gasteiger partial charge in [0.2, 0.25) is 0 Å². The van der Waals surface area contributed by atoms with Crippen LogP contribution < -0.4 is 11.1 Å². The molecule has 3 amide bonds. The van der Waals surface area contributed by atoms with Crippen LogP contribution in [0, 0.1) is 0 Å². The molecule has 1 fully saturated rings. The van der Waals surface area contributed by atoms with Crippen molar-refractivity contribution in [2.75, 3.05) is 0 Å². The number of benzene rings is 1. The van der Waals surface area contributed by atoms with Crippen molar-refractivity contribution in [3.05, 3.63) is 57.9 Å². The molecule has 3 N–H and O–H groups in total. The zero-order valence-corrected chi connectivity index (χ0v) is 14.8. The number of carbonyl (C=O) groups excluding carboxylic acids is 3. The second kappa shape index (κ2) is 6.40. The van der Waals surface area contributed by atoms with Crippen LogP contribution in [0.5, 0.6) is 0 Å². The van der Waals surface area contributed by atoms with Gasteiger partial charge in [0, 0.05) is 22.0 Å². The highest BCUT2D eigenvalue weighted by Gasteiger charge is 2.25. The van der Waals surface area contributed by atoms with Crippen molar-refractivity contribution < 1.29 is 14.4 Å². The molecule has 1 aliphatic heterocycles. The number of nitrogens with one attached hydrogen (secondary N) is 1. The molecule has 0 unspecified atom stereocenters. The molecule has 0 radical (unpaired) electrons. The SMILES string of the molecule is NC(=O)c1ccc(-c2ccnc3ccc(/C=C4\SC(=O)NC4=O)cc23)s1. The number of rotatable bonds is 3. The van der Waals surface area contributed by atoms with Gasteiger partial charge in [-0.1, -0.05) is 6.07 Å². The maximum Gasteiger partial charge on any atom is 0.290 e. The summed E-state index contributed by atoms with van der Waals surface area (Å²) in [7, 11) is 0. The highest BCUT2D eigenvalue weighted by molar-refractivity contribution is 8.18. The maximum absolute atomic E-state index is 11.7. The molecular weight excluding hydrogens is 370 g/mol. The smallest absolute Gasteiger partial charge is 0.290 e. The largest absolute Gasteiger partial charge is 0.365 e. The number of hydrogen-bond acceptors (Lipinski definition) is 6. The predicted octanol–water partition coefficient (Wildman–Crippen LogP) is 3.39. The number of primary amides is 1. The fourth-order valence-corrected chi connectivity index (χ4v) is 4.24. The second-order valence-electron chi connectivity index (χ2n) is 5.52. The number of carbonyl (C=O) groups is 3. The van der Waals surface area contributed by atoms with Crippen molar-refractivity contribution >= 4 is 57.1 Å². The van der Waals surface area contributed by atoms with Gasteiger partial charge in [0.1, 0.15) is 0 Å². The highest BCUT2D eigenvalue weighted by atomic mass is 32.2.